The van der Waals surface area contributed by atoms with Crippen molar-refractivity contribution in [2.75, 3.05) is 13.1 Å². The van der Waals surface area contributed by atoms with Gasteiger partial charge in [-0.2, -0.15) is 0 Å². The molecule has 1 heterocycles. The third kappa shape index (κ3) is 4.03. The summed E-state index contributed by atoms with van der Waals surface area (Å²) in [5.41, 5.74) is 1.17. The Kier molecular flexibility index (Phi) is 6.00. The van der Waals surface area contributed by atoms with Crippen molar-refractivity contribution in [2.45, 2.75) is 51.7 Å². The molecule has 1 saturated heterocycles. The van der Waals surface area contributed by atoms with E-state index in [1.165, 1.54) is 18.4 Å². The summed E-state index contributed by atoms with van der Waals surface area (Å²) in [6.45, 7) is 7.49. The van der Waals surface area contributed by atoms with Crippen LogP contribution >= 0.6 is 15.9 Å². The molecule has 0 aliphatic carbocycles. The Hall–Kier alpha value is -0.450. The number of rotatable bonds is 5. The number of halogens is 2. The molecule has 2 rings (SSSR count). The van der Waals surface area contributed by atoms with Crippen molar-refractivity contribution < 1.29 is 4.39 Å². The third-order valence-electron chi connectivity index (χ3n) is 4.11. The molecule has 2 unspecified atom stereocenters. The number of hydrogen-bond donors (Lipinski definition) is 1. The first-order valence-corrected chi connectivity index (χ1v) is 8.34. The van der Waals surface area contributed by atoms with Crippen molar-refractivity contribution >= 4 is 15.9 Å². The first kappa shape index (κ1) is 15.9. The summed E-state index contributed by atoms with van der Waals surface area (Å²) in [6, 6.07) is 6.15. The molecule has 0 amide bonds. The van der Waals surface area contributed by atoms with Gasteiger partial charge in [0.25, 0.3) is 0 Å². The predicted octanol–water partition coefficient (Wildman–Crippen LogP) is 3.94. The maximum atomic E-state index is 13.2. The van der Waals surface area contributed by atoms with Gasteiger partial charge >= 0.3 is 0 Å². The van der Waals surface area contributed by atoms with E-state index in [1.807, 2.05) is 6.07 Å². The Bertz CT molecular complexity index is 438. The largest absolute Gasteiger partial charge is 0.311 e. The molecule has 0 aromatic heterocycles. The van der Waals surface area contributed by atoms with Crippen LogP contribution < -0.4 is 5.32 Å². The fourth-order valence-corrected chi connectivity index (χ4v) is 3.41. The Morgan fingerprint density at radius 2 is 2.20 bits per heavy atom. The molecule has 20 heavy (non-hydrogen) atoms. The first-order chi connectivity index (χ1) is 9.63. The molecule has 0 radical (unpaired) electrons. The Morgan fingerprint density at radius 1 is 1.40 bits per heavy atom. The second kappa shape index (κ2) is 7.53. The molecule has 0 bridgehead atoms. The molecule has 4 heteroatoms. The molecule has 1 N–H and O–H groups in total. The van der Waals surface area contributed by atoms with Crippen LogP contribution in [0, 0.1) is 5.82 Å². The quantitative estimate of drug-likeness (QED) is 0.871. The molecule has 112 valence electrons. The molecule has 1 aliphatic rings. The van der Waals surface area contributed by atoms with E-state index in [2.05, 4.69) is 40.0 Å². The van der Waals surface area contributed by atoms with E-state index in [-0.39, 0.29) is 5.82 Å². The normalized spacial score (nSPS) is 24.0. The van der Waals surface area contributed by atoms with Gasteiger partial charge in [0.2, 0.25) is 0 Å². The van der Waals surface area contributed by atoms with Crippen LogP contribution in [0.3, 0.4) is 0 Å². The Balaban J connectivity index is 2.07. The minimum absolute atomic E-state index is 0.183. The molecule has 0 saturated carbocycles. The van der Waals surface area contributed by atoms with E-state index in [1.54, 1.807) is 12.1 Å². The molecule has 2 atom stereocenters. The van der Waals surface area contributed by atoms with E-state index in [9.17, 15) is 4.39 Å². The molecular formula is C16H24BrFN2. The highest BCUT2D eigenvalue weighted by Gasteiger charge is 2.26. The lowest BCUT2D eigenvalue weighted by Crippen LogP contribution is -2.55. The first-order valence-electron chi connectivity index (χ1n) is 7.55. The Morgan fingerprint density at radius 3 is 2.85 bits per heavy atom. The highest BCUT2D eigenvalue weighted by atomic mass is 79.9. The summed E-state index contributed by atoms with van der Waals surface area (Å²) in [6.07, 6.45) is 3.57. The van der Waals surface area contributed by atoms with Crippen LogP contribution in [0.5, 0.6) is 0 Å². The van der Waals surface area contributed by atoms with Gasteiger partial charge in [-0.05, 0) is 30.5 Å². The maximum Gasteiger partial charge on any atom is 0.124 e. The van der Waals surface area contributed by atoms with Gasteiger partial charge in [0.15, 0.2) is 0 Å². The smallest absolute Gasteiger partial charge is 0.124 e. The lowest BCUT2D eigenvalue weighted by atomic mass is 10.0. The van der Waals surface area contributed by atoms with Gasteiger partial charge in [-0.15, -0.1) is 0 Å². The summed E-state index contributed by atoms with van der Waals surface area (Å²) in [4.78, 5) is 2.54. The fraction of sp³-hybridized carbons (Fsp3) is 0.625. The van der Waals surface area contributed by atoms with Crippen LogP contribution in [-0.4, -0.2) is 30.1 Å². The van der Waals surface area contributed by atoms with Gasteiger partial charge in [0, 0.05) is 36.2 Å². The van der Waals surface area contributed by atoms with Crippen molar-refractivity contribution in [3.63, 3.8) is 0 Å². The second-order valence-corrected chi connectivity index (χ2v) is 6.48. The zero-order valence-corrected chi connectivity index (χ0v) is 13.9. The van der Waals surface area contributed by atoms with Crippen LogP contribution in [0.4, 0.5) is 4.39 Å². The van der Waals surface area contributed by atoms with Crippen molar-refractivity contribution in [3.8, 4) is 0 Å². The van der Waals surface area contributed by atoms with E-state index < -0.39 is 0 Å². The van der Waals surface area contributed by atoms with Crippen LogP contribution in [-0.2, 0) is 6.54 Å². The van der Waals surface area contributed by atoms with E-state index >= 15 is 0 Å². The highest BCUT2D eigenvalue weighted by molar-refractivity contribution is 9.10. The van der Waals surface area contributed by atoms with Gasteiger partial charge in [0.05, 0.1) is 0 Å². The van der Waals surface area contributed by atoms with E-state index in [0.717, 1.165) is 30.5 Å². The molecule has 1 aromatic rings. The summed E-state index contributed by atoms with van der Waals surface area (Å²) in [5.74, 6) is -0.183. The number of benzene rings is 1. The van der Waals surface area contributed by atoms with Crippen LogP contribution in [0.15, 0.2) is 22.7 Å². The second-order valence-electron chi connectivity index (χ2n) is 5.62. The van der Waals surface area contributed by atoms with Gasteiger partial charge < -0.3 is 5.32 Å². The predicted molar refractivity (Wildman–Crippen MR) is 85.3 cm³/mol. The summed E-state index contributed by atoms with van der Waals surface area (Å²) < 4.78 is 14.1. The zero-order valence-electron chi connectivity index (χ0n) is 12.3. The van der Waals surface area contributed by atoms with E-state index in [0.29, 0.717) is 12.1 Å². The molecule has 1 aromatic carbocycles. The molecule has 0 spiro atoms. The van der Waals surface area contributed by atoms with Crippen molar-refractivity contribution in [1.82, 2.24) is 10.2 Å². The van der Waals surface area contributed by atoms with Gasteiger partial charge in [-0.3, -0.25) is 4.90 Å². The van der Waals surface area contributed by atoms with Crippen LogP contribution in [0.25, 0.3) is 0 Å². The maximum absolute atomic E-state index is 13.2. The summed E-state index contributed by atoms with van der Waals surface area (Å²) in [5, 5.41) is 3.65. The van der Waals surface area contributed by atoms with Crippen molar-refractivity contribution in [1.29, 1.82) is 0 Å². The highest BCUT2D eigenvalue weighted by Crippen LogP contribution is 2.23. The van der Waals surface area contributed by atoms with Crippen molar-refractivity contribution in [2.24, 2.45) is 0 Å². The SMILES string of the molecule is CCCC1CN(Cc2ccc(F)cc2Br)C(CC)CN1. The van der Waals surface area contributed by atoms with Gasteiger partial charge in [0.1, 0.15) is 5.82 Å². The number of piperazine rings is 1. The summed E-state index contributed by atoms with van der Waals surface area (Å²) in [7, 11) is 0. The van der Waals surface area contributed by atoms with Crippen LogP contribution in [0.2, 0.25) is 0 Å². The van der Waals surface area contributed by atoms with Gasteiger partial charge in [-0.1, -0.05) is 42.3 Å². The lowest BCUT2D eigenvalue weighted by molar-refractivity contribution is 0.115. The van der Waals surface area contributed by atoms with Gasteiger partial charge in [-0.25, -0.2) is 4.39 Å². The third-order valence-corrected chi connectivity index (χ3v) is 4.85. The average molecular weight is 343 g/mol. The average Bonchev–Trinajstić information content (AvgIpc) is 2.43. The topological polar surface area (TPSA) is 15.3 Å². The molecule has 1 fully saturated rings. The fourth-order valence-electron chi connectivity index (χ4n) is 2.94. The Labute approximate surface area is 129 Å². The minimum Gasteiger partial charge on any atom is -0.311 e. The lowest BCUT2D eigenvalue weighted by Gasteiger charge is -2.40. The standard InChI is InChI=1S/C16H24BrFN2/c1-3-5-14-11-20(15(4-2)9-19-14)10-12-6-7-13(18)8-16(12)17/h6-8,14-15,19H,3-5,9-11H2,1-2H3. The van der Waals surface area contributed by atoms with Crippen molar-refractivity contribution in [3.05, 3.63) is 34.1 Å². The molecular weight excluding hydrogens is 319 g/mol. The summed E-state index contributed by atoms with van der Waals surface area (Å²) >= 11 is 3.48. The number of nitrogens with zero attached hydrogens (tertiary/aromatic N) is 1. The van der Waals surface area contributed by atoms with E-state index in [4.69, 9.17) is 0 Å². The minimum atomic E-state index is -0.183. The molecule has 2 nitrogen and oxygen atoms in total. The number of hydrogen-bond acceptors (Lipinski definition) is 2. The molecule has 1 aliphatic heterocycles. The number of nitrogens with one attached hydrogen (secondary N) is 1. The van der Waals surface area contributed by atoms with Crippen LogP contribution in [0.1, 0.15) is 38.7 Å². The zero-order chi connectivity index (χ0) is 14.5. The monoisotopic (exact) mass is 342 g/mol.